The molecule has 0 aliphatic carbocycles. The van der Waals surface area contributed by atoms with E-state index in [1.807, 2.05) is 69.4 Å². The van der Waals surface area contributed by atoms with Crippen molar-refractivity contribution in [2.24, 2.45) is 7.05 Å². The Morgan fingerprint density at radius 2 is 1.94 bits per heavy atom. The number of nitrogens with zero attached hydrogens (tertiary/aromatic N) is 4. The third-order valence-electron chi connectivity index (χ3n) is 6.24. The van der Waals surface area contributed by atoms with Crippen LogP contribution in [0.25, 0.3) is 34.2 Å². The number of carbonyl (C=O) groups is 1. The maximum Gasteiger partial charge on any atom is 0.263 e. The molecule has 2 aliphatic heterocycles. The molecule has 1 saturated heterocycles. The van der Waals surface area contributed by atoms with Crippen LogP contribution in [0.15, 0.2) is 48.7 Å². The molecule has 8 nitrogen and oxygen atoms in total. The van der Waals surface area contributed by atoms with Gasteiger partial charge in [-0.1, -0.05) is 38.1 Å². The van der Waals surface area contributed by atoms with Crippen molar-refractivity contribution < 1.29 is 14.3 Å². The molecule has 2 aliphatic rings. The average molecular weight is 472 g/mol. The molecular formula is C27H29N5O3. The van der Waals surface area contributed by atoms with Crippen LogP contribution < -0.4 is 9.47 Å². The largest absolute Gasteiger partial charge is 0.480 e. The minimum Gasteiger partial charge on any atom is -0.480 e. The molecule has 8 heteroatoms. The van der Waals surface area contributed by atoms with Crippen LogP contribution in [-0.4, -0.2) is 56.6 Å². The summed E-state index contributed by atoms with van der Waals surface area (Å²) in [5.41, 5.74) is 4.57. The minimum atomic E-state index is -0.489. The van der Waals surface area contributed by atoms with E-state index in [2.05, 4.69) is 21.4 Å². The Morgan fingerprint density at radius 1 is 1.09 bits per heavy atom. The highest BCUT2D eigenvalue weighted by molar-refractivity contribution is 5.93. The van der Waals surface area contributed by atoms with Crippen LogP contribution >= 0.6 is 0 Å². The van der Waals surface area contributed by atoms with Crippen molar-refractivity contribution in [2.75, 3.05) is 19.7 Å². The number of aryl methyl sites for hydroxylation is 1. The lowest BCUT2D eigenvalue weighted by Gasteiger charge is -2.18. The number of rotatable bonds is 0. The second-order valence-electron chi connectivity index (χ2n) is 8.30. The van der Waals surface area contributed by atoms with Crippen molar-refractivity contribution in [3.63, 3.8) is 0 Å². The third-order valence-corrected chi connectivity index (χ3v) is 6.24. The molecule has 1 fully saturated rings. The summed E-state index contributed by atoms with van der Waals surface area (Å²) in [4.78, 5) is 14.7. The SMILES string of the molecule is CC.Cn1ncc2c1OCCN1CCC(Oc3ccccc3/C=C/c3[nH]nc4ccc-2cc34)C1=O. The highest BCUT2D eigenvalue weighted by atomic mass is 16.5. The lowest BCUT2D eigenvalue weighted by Crippen LogP contribution is -2.35. The van der Waals surface area contributed by atoms with Crippen LogP contribution in [0, 0.1) is 0 Å². The highest BCUT2D eigenvalue weighted by Crippen LogP contribution is 2.33. The molecule has 1 atom stereocenters. The van der Waals surface area contributed by atoms with Crippen molar-refractivity contribution in [1.82, 2.24) is 24.9 Å². The lowest BCUT2D eigenvalue weighted by molar-refractivity contribution is -0.133. The third kappa shape index (κ3) is 4.27. The van der Waals surface area contributed by atoms with E-state index >= 15 is 0 Å². The molecule has 35 heavy (non-hydrogen) atoms. The molecule has 180 valence electrons. The molecule has 4 aromatic rings. The van der Waals surface area contributed by atoms with E-state index in [1.165, 1.54) is 0 Å². The summed E-state index contributed by atoms with van der Waals surface area (Å²) < 4.78 is 14.0. The van der Waals surface area contributed by atoms with E-state index in [4.69, 9.17) is 9.47 Å². The summed E-state index contributed by atoms with van der Waals surface area (Å²) in [5, 5.41) is 13.0. The van der Waals surface area contributed by atoms with Crippen LogP contribution in [0.5, 0.6) is 11.6 Å². The Kier molecular flexibility index (Phi) is 6.27. The fraction of sp³-hybridized carbons (Fsp3) is 0.296. The molecule has 4 heterocycles. The number of para-hydroxylation sites is 1. The predicted octanol–water partition coefficient (Wildman–Crippen LogP) is 4.53. The molecular weight excluding hydrogens is 442 g/mol. The topological polar surface area (TPSA) is 85.3 Å². The Hall–Kier alpha value is -4.07. The van der Waals surface area contributed by atoms with E-state index in [-0.39, 0.29) is 5.91 Å². The van der Waals surface area contributed by atoms with Crippen molar-refractivity contribution in [3.8, 4) is 22.8 Å². The van der Waals surface area contributed by atoms with Gasteiger partial charge in [0.25, 0.3) is 5.91 Å². The normalized spacial score (nSPS) is 18.1. The minimum absolute atomic E-state index is 0.00569. The van der Waals surface area contributed by atoms with E-state index in [0.717, 1.165) is 33.3 Å². The first-order chi connectivity index (χ1) is 17.2. The number of carbonyl (C=O) groups excluding carboxylic acids is 1. The fourth-order valence-corrected chi connectivity index (χ4v) is 4.47. The first-order valence-corrected chi connectivity index (χ1v) is 12.0. The Labute approximate surface area is 204 Å². The second-order valence-corrected chi connectivity index (χ2v) is 8.30. The fourth-order valence-electron chi connectivity index (χ4n) is 4.47. The molecule has 1 N–H and O–H groups in total. The van der Waals surface area contributed by atoms with E-state index < -0.39 is 6.10 Å². The molecule has 1 unspecified atom stereocenters. The van der Waals surface area contributed by atoms with Gasteiger partial charge in [0.2, 0.25) is 5.88 Å². The summed E-state index contributed by atoms with van der Waals surface area (Å²) in [6.45, 7) is 5.52. The zero-order chi connectivity index (χ0) is 24.4. The zero-order valence-electron chi connectivity index (χ0n) is 20.2. The summed E-state index contributed by atoms with van der Waals surface area (Å²) in [5.74, 6) is 1.36. The maximum absolute atomic E-state index is 12.9. The summed E-state index contributed by atoms with van der Waals surface area (Å²) in [6, 6.07) is 13.9. The van der Waals surface area contributed by atoms with Crippen molar-refractivity contribution in [2.45, 2.75) is 26.4 Å². The van der Waals surface area contributed by atoms with Gasteiger partial charge in [-0.3, -0.25) is 9.89 Å². The second kappa shape index (κ2) is 9.66. The van der Waals surface area contributed by atoms with Crippen LogP contribution in [0.4, 0.5) is 0 Å². The van der Waals surface area contributed by atoms with Crippen molar-refractivity contribution >= 4 is 29.0 Å². The van der Waals surface area contributed by atoms with E-state index in [1.54, 1.807) is 15.8 Å². The number of H-pyrrole nitrogens is 1. The molecule has 6 rings (SSSR count). The highest BCUT2D eigenvalue weighted by Gasteiger charge is 2.33. The first kappa shape index (κ1) is 22.7. The van der Waals surface area contributed by atoms with Crippen molar-refractivity contribution in [3.05, 3.63) is 59.9 Å². The van der Waals surface area contributed by atoms with Gasteiger partial charge in [-0.2, -0.15) is 10.2 Å². The molecule has 0 radical (unpaired) electrons. The standard InChI is InChI=1S/C25H23N5O3.C2H6/c1-29-25-19(15-26-29)17-7-9-21-18(14-17)20(27-28-21)8-6-16-4-2-3-5-22(16)33-23-10-11-30(24(23)31)12-13-32-25;1-2/h2-9,14-15,23H,10-13H2,1H3,(H,27,28);1-2H3/b8-6+;. The van der Waals surface area contributed by atoms with Crippen molar-refractivity contribution in [1.29, 1.82) is 0 Å². The van der Waals surface area contributed by atoms with Gasteiger partial charge in [-0.05, 0) is 35.9 Å². The summed E-state index contributed by atoms with van der Waals surface area (Å²) in [6.07, 6.45) is 5.95. The van der Waals surface area contributed by atoms with E-state index in [0.29, 0.717) is 37.7 Å². The van der Waals surface area contributed by atoms with Gasteiger partial charge in [0, 0.05) is 31.0 Å². The number of ether oxygens (including phenoxy) is 2. The van der Waals surface area contributed by atoms with Gasteiger partial charge in [0.15, 0.2) is 6.10 Å². The summed E-state index contributed by atoms with van der Waals surface area (Å²) >= 11 is 0. The average Bonchev–Trinajstić information content (AvgIpc) is 3.57. The molecule has 4 bridgehead atoms. The molecule has 1 amide bonds. The van der Waals surface area contributed by atoms with Crippen LogP contribution in [0.3, 0.4) is 0 Å². The summed E-state index contributed by atoms with van der Waals surface area (Å²) in [7, 11) is 1.86. The van der Waals surface area contributed by atoms with Gasteiger partial charge in [0.05, 0.1) is 29.5 Å². The van der Waals surface area contributed by atoms with Gasteiger partial charge < -0.3 is 14.4 Å². The molecule has 2 aromatic heterocycles. The number of benzene rings is 2. The quantitative estimate of drug-likeness (QED) is 0.407. The maximum atomic E-state index is 12.9. The zero-order valence-corrected chi connectivity index (χ0v) is 20.2. The van der Waals surface area contributed by atoms with Crippen LogP contribution in [0.1, 0.15) is 31.5 Å². The molecule has 0 spiro atoms. The smallest absolute Gasteiger partial charge is 0.263 e. The predicted molar refractivity (Wildman–Crippen MR) is 136 cm³/mol. The number of amides is 1. The van der Waals surface area contributed by atoms with Crippen LogP contribution in [-0.2, 0) is 11.8 Å². The number of fused-ring (bicyclic) bond motifs is 6. The van der Waals surface area contributed by atoms with Gasteiger partial charge in [-0.25, -0.2) is 4.68 Å². The van der Waals surface area contributed by atoms with Gasteiger partial charge in [0.1, 0.15) is 12.4 Å². The van der Waals surface area contributed by atoms with Gasteiger partial charge >= 0.3 is 0 Å². The first-order valence-electron chi connectivity index (χ1n) is 12.0. The Bertz CT molecular complexity index is 1390. The number of aromatic nitrogens is 4. The molecule has 0 saturated carbocycles. The Balaban J connectivity index is 0.00000124. The lowest BCUT2D eigenvalue weighted by atomic mass is 10.0. The van der Waals surface area contributed by atoms with Crippen LogP contribution in [0.2, 0.25) is 0 Å². The monoisotopic (exact) mass is 471 g/mol. The number of aromatic amines is 1. The molecule has 2 aromatic carbocycles. The number of hydrogen-bond donors (Lipinski definition) is 1. The van der Waals surface area contributed by atoms with Gasteiger partial charge in [-0.15, -0.1) is 0 Å². The number of hydrogen-bond acceptors (Lipinski definition) is 5. The van der Waals surface area contributed by atoms with E-state index in [9.17, 15) is 4.79 Å². The Morgan fingerprint density at radius 3 is 2.83 bits per heavy atom. The number of nitrogens with one attached hydrogen (secondary N) is 1.